The van der Waals surface area contributed by atoms with Crippen molar-refractivity contribution in [2.75, 3.05) is 18.0 Å². The monoisotopic (exact) mass is 317 g/mol. The summed E-state index contributed by atoms with van der Waals surface area (Å²) in [6.07, 6.45) is 6.63. The van der Waals surface area contributed by atoms with Crippen molar-refractivity contribution < 1.29 is 0 Å². The fourth-order valence-electron chi connectivity index (χ4n) is 2.49. The van der Waals surface area contributed by atoms with Gasteiger partial charge in [0.15, 0.2) is 4.34 Å². The van der Waals surface area contributed by atoms with Crippen molar-refractivity contribution in [3.05, 3.63) is 36.3 Å². The normalized spacial score (nSPS) is 15.1. The topological polar surface area (TPSA) is 46.3 Å². The van der Waals surface area contributed by atoms with Gasteiger partial charge in [0.1, 0.15) is 5.65 Å². The molecule has 0 radical (unpaired) electrons. The zero-order valence-electron chi connectivity index (χ0n) is 11.5. The molecule has 0 amide bonds. The number of imidazole rings is 1. The standard InChI is InChI=1S/C14H15N5S2/c1-2-8-19-9-11(15-12(19)5-1)10-20-14-17-16-13(21-14)18-6-3-4-7-18/h1-2,5,8-9H,3-4,6-7,10H2. The highest BCUT2D eigenvalue weighted by atomic mass is 32.2. The second kappa shape index (κ2) is 5.65. The third kappa shape index (κ3) is 2.75. The van der Waals surface area contributed by atoms with E-state index in [2.05, 4.69) is 26.3 Å². The molecule has 0 unspecified atom stereocenters. The van der Waals surface area contributed by atoms with Gasteiger partial charge in [0.2, 0.25) is 5.13 Å². The van der Waals surface area contributed by atoms with Crippen LogP contribution in [-0.2, 0) is 5.75 Å². The van der Waals surface area contributed by atoms with Gasteiger partial charge < -0.3 is 9.30 Å². The quantitative estimate of drug-likeness (QED) is 0.692. The van der Waals surface area contributed by atoms with Gasteiger partial charge in [-0.05, 0) is 25.0 Å². The summed E-state index contributed by atoms with van der Waals surface area (Å²) in [5.41, 5.74) is 2.06. The summed E-state index contributed by atoms with van der Waals surface area (Å²) in [5, 5.41) is 9.65. The lowest BCUT2D eigenvalue weighted by Crippen LogP contribution is -2.17. The molecular formula is C14H15N5S2. The van der Waals surface area contributed by atoms with Crippen molar-refractivity contribution in [1.82, 2.24) is 19.6 Å². The predicted octanol–water partition coefficient (Wildman–Crippen LogP) is 3.08. The molecule has 0 N–H and O–H groups in total. The highest BCUT2D eigenvalue weighted by molar-refractivity contribution is 8.00. The van der Waals surface area contributed by atoms with E-state index in [-0.39, 0.29) is 0 Å². The minimum atomic E-state index is 0.830. The minimum Gasteiger partial charge on any atom is -0.347 e. The second-order valence-corrected chi connectivity index (χ2v) is 7.21. The molecule has 0 bridgehead atoms. The maximum absolute atomic E-state index is 4.60. The molecule has 1 aliphatic heterocycles. The first kappa shape index (κ1) is 13.1. The number of aromatic nitrogens is 4. The lowest BCUT2D eigenvalue weighted by atomic mass is 10.4. The molecule has 0 atom stereocenters. The van der Waals surface area contributed by atoms with E-state index in [1.165, 1.54) is 12.8 Å². The summed E-state index contributed by atoms with van der Waals surface area (Å²) in [4.78, 5) is 6.93. The van der Waals surface area contributed by atoms with E-state index in [1.54, 1.807) is 23.1 Å². The Kier molecular flexibility index (Phi) is 3.52. The molecule has 108 valence electrons. The summed E-state index contributed by atoms with van der Waals surface area (Å²) < 4.78 is 3.07. The number of pyridine rings is 1. The van der Waals surface area contributed by atoms with E-state index in [0.717, 1.165) is 39.7 Å². The maximum Gasteiger partial charge on any atom is 0.209 e. The van der Waals surface area contributed by atoms with Crippen LogP contribution in [0.15, 0.2) is 34.9 Å². The zero-order valence-corrected chi connectivity index (χ0v) is 13.1. The molecule has 1 fully saturated rings. The van der Waals surface area contributed by atoms with Crippen LogP contribution in [0, 0.1) is 0 Å². The van der Waals surface area contributed by atoms with Crippen molar-refractivity contribution in [1.29, 1.82) is 0 Å². The van der Waals surface area contributed by atoms with E-state index >= 15 is 0 Å². The van der Waals surface area contributed by atoms with Crippen molar-refractivity contribution in [3.8, 4) is 0 Å². The molecule has 0 aliphatic carbocycles. The Morgan fingerprint density at radius 3 is 2.95 bits per heavy atom. The molecule has 1 saturated heterocycles. The molecule has 0 aromatic carbocycles. The average molecular weight is 317 g/mol. The van der Waals surface area contributed by atoms with Crippen LogP contribution in [0.1, 0.15) is 18.5 Å². The fraction of sp³-hybridized carbons (Fsp3) is 0.357. The lowest BCUT2D eigenvalue weighted by Gasteiger charge is -2.10. The zero-order chi connectivity index (χ0) is 14.1. The molecule has 0 spiro atoms. The van der Waals surface area contributed by atoms with E-state index in [4.69, 9.17) is 0 Å². The van der Waals surface area contributed by atoms with Crippen LogP contribution < -0.4 is 4.90 Å². The number of thioether (sulfide) groups is 1. The van der Waals surface area contributed by atoms with Crippen LogP contribution in [0.2, 0.25) is 0 Å². The summed E-state index contributed by atoms with van der Waals surface area (Å²) in [6, 6.07) is 6.04. The summed E-state index contributed by atoms with van der Waals surface area (Å²) in [5.74, 6) is 0.830. The molecule has 4 rings (SSSR count). The highest BCUT2D eigenvalue weighted by Gasteiger charge is 2.17. The van der Waals surface area contributed by atoms with Crippen molar-refractivity contribution in [2.24, 2.45) is 0 Å². The Bertz CT molecular complexity index is 712. The molecule has 0 saturated carbocycles. The number of hydrogen-bond donors (Lipinski definition) is 0. The Morgan fingerprint density at radius 1 is 1.19 bits per heavy atom. The summed E-state index contributed by atoms with van der Waals surface area (Å²) in [6.45, 7) is 2.23. The van der Waals surface area contributed by atoms with E-state index < -0.39 is 0 Å². The van der Waals surface area contributed by atoms with Gasteiger partial charge in [-0.3, -0.25) is 0 Å². The number of rotatable bonds is 4. The Labute approximate surface area is 131 Å². The number of hydrogen-bond acceptors (Lipinski definition) is 6. The van der Waals surface area contributed by atoms with Crippen molar-refractivity contribution >= 4 is 33.9 Å². The lowest BCUT2D eigenvalue weighted by molar-refractivity contribution is 0.912. The Morgan fingerprint density at radius 2 is 2.10 bits per heavy atom. The van der Waals surface area contributed by atoms with Gasteiger partial charge in [0, 0.05) is 31.2 Å². The van der Waals surface area contributed by atoms with Gasteiger partial charge in [-0.25, -0.2) is 4.98 Å². The van der Waals surface area contributed by atoms with Gasteiger partial charge in [-0.2, -0.15) is 0 Å². The average Bonchev–Trinajstić information content (AvgIpc) is 3.23. The SMILES string of the molecule is c1ccn2cc(CSc3nnc(N4CCCC4)s3)nc2c1. The number of fused-ring (bicyclic) bond motifs is 1. The molecule has 7 heteroatoms. The summed E-state index contributed by atoms with van der Waals surface area (Å²) >= 11 is 3.40. The molecule has 1 aliphatic rings. The van der Waals surface area contributed by atoms with E-state index in [9.17, 15) is 0 Å². The molecule has 4 heterocycles. The van der Waals surface area contributed by atoms with Crippen LogP contribution in [0.25, 0.3) is 5.65 Å². The Hall–Kier alpha value is -1.60. The van der Waals surface area contributed by atoms with Crippen molar-refractivity contribution in [2.45, 2.75) is 22.9 Å². The first-order valence-electron chi connectivity index (χ1n) is 7.02. The van der Waals surface area contributed by atoms with Crippen LogP contribution in [-0.4, -0.2) is 32.7 Å². The Balaban J connectivity index is 1.44. The first-order chi connectivity index (χ1) is 10.4. The predicted molar refractivity (Wildman–Crippen MR) is 86.1 cm³/mol. The third-order valence-electron chi connectivity index (χ3n) is 3.53. The molecule has 5 nitrogen and oxygen atoms in total. The van der Waals surface area contributed by atoms with Gasteiger partial charge in [-0.1, -0.05) is 29.2 Å². The smallest absolute Gasteiger partial charge is 0.209 e. The van der Waals surface area contributed by atoms with Crippen LogP contribution in [0.3, 0.4) is 0 Å². The minimum absolute atomic E-state index is 0.830. The van der Waals surface area contributed by atoms with Gasteiger partial charge in [0.25, 0.3) is 0 Å². The number of anilines is 1. The van der Waals surface area contributed by atoms with E-state index in [0.29, 0.717) is 0 Å². The molecule has 3 aromatic heterocycles. The van der Waals surface area contributed by atoms with Gasteiger partial charge >= 0.3 is 0 Å². The largest absolute Gasteiger partial charge is 0.347 e. The van der Waals surface area contributed by atoms with Gasteiger partial charge in [-0.15, -0.1) is 10.2 Å². The molecule has 3 aromatic rings. The van der Waals surface area contributed by atoms with Crippen LogP contribution in [0.5, 0.6) is 0 Å². The first-order valence-corrected chi connectivity index (χ1v) is 8.82. The van der Waals surface area contributed by atoms with Crippen LogP contribution in [0.4, 0.5) is 5.13 Å². The molecular weight excluding hydrogens is 302 g/mol. The fourth-order valence-corrected chi connectivity index (χ4v) is 4.27. The summed E-state index contributed by atoms with van der Waals surface area (Å²) in [7, 11) is 0. The maximum atomic E-state index is 4.60. The van der Waals surface area contributed by atoms with Crippen LogP contribution >= 0.6 is 23.1 Å². The second-order valence-electron chi connectivity index (χ2n) is 5.03. The van der Waals surface area contributed by atoms with Crippen molar-refractivity contribution in [3.63, 3.8) is 0 Å². The van der Waals surface area contributed by atoms with Gasteiger partial charge in [0.05, 0.1) is 5.69 Å². The number of nitrogens with zero attached hydrogens (tertiary/aromatic N) is 5. The highest BCUT2D eigenvalue weighted by Crippen LogP contribution is 2.31. The third-order valence-corrected chi connectivity index (χ3v) is 5.68. The molecule has 21 heavy (non-hydrogen) atoms. The van der Waals surface area contributed by atoms with E-state index in [1.807, 2.05) is 28.8 Å².